The lowest BCUT2D eigenvalue weighted by Crippen LogP contribution is -2.46. The average molecular weight is 411 g/mol. The minimum absolute atomic E-state index is 0.0113. The zero-order valence-corrected chi connectivity index (χ0v) is 18.7. The molecule has 0 aliphatic carbocycles. The number of amides is 1. The Balaban J connectivity index is 1.36. The van der Waals surface area contributed by atoms with Gasteiger partial charge in [-0.3, -0.25) is 14.5 Å². The van der Waals surface area contributed by atoms with Crippen LogP contribution in [0.2, 0.25) is 0 Å². The van der Waals surface area contributed by atoms with Gasteiger partial charge >= 0.3 is 0 Å². The molecule has 1 aliphatic rings. The van der Waals surface area contributed by atoms with Crippen molar-refractivity contribution in [1.82, 2.24) is 15.2 Å². The fourth-order valence-corrected chi connectivity index (χ4v) is 4.31. The molecule has 162 valence electrons. The number of Topliss-reactive ketones (excluding diaryl/α,β-unsaturated/α-hetero) is 1. The minimum atomic E-state index is -0.130. The molecule has 2 heterocycles. The number of carbonyl (C=O) groups is 2. The largest absolute Gasteiger partial charge is 0.369 e. The summed E-state index contributed by atoms with van der Waals surface area (Å²) in [4.78, 5) is 32.2. The number of piperazine rings is 1. The number of aromatic amines is 1. The van der Waals surface area contributed by atoms with Gasteiger partial charge in [0.15, 0.2) is 5.78 Å². The van der Waals surface area contributed by atoms with Crippen LogP contribution in [0.25, 0.3) is 0 Å². The van der Waals surface area contributed by atoms with E-state index in [2.05, 4.69) is 51.3 Å². The van der Waals surface area contributed by atoms with E-state index in [9.17, 15) is 9.59 Å². The second kappa shape index (κ2) is 9.94. The molecule has 0 bridgehead atoms. The van der Waals surface area contributed by atoms with Crippen molar-refractivity contribution in [2.45, 2.75) is 40.5 Å². The Hall–Kier alpha value is -2.60. The van der Waals surface area contributed by atoms with Crippen molar-refractivity contribution in [3.63, 3.8) is 0 Å². The molecule has 1 aromatic carbocycles. The zero-order valence-electron chi connectivity index (χ0n) is 18.7. The number of anilines is 1. The summed E-state index contributed by atoms with van der Waals surface area (Å²) in [5, 5.41) is 2.98. The number of hydrogen-bond donors (Lipinski definition) is 2. The van der Waals surface area contributed by atoms with Crippen molar-refractivity contribution in [2.24, 2.45) is 0 Å². The molecule has 1 amide bonds. The first-order valence-corrected chi connectivity index (χ1v) is 10.9. The van der Waals surface area contributed by atoms with Gasteiger partial charge in [-0.1, -0.05) is 12.1 Å². The number of aryl methyl sites for hydroxylation is 2. The smallest absolute Gasteiger partial charge is 0.268 e. The molecule has 2 N–H and O–H groups in total. The van der Waals surface area contributed by atoms with E-state index in [0.29, 0.717) is 17.8 Å². The third-order valence-corrected chi connectivity index (χ3v) is 5.94. The van der Waals surface area contributed by atoms with E-state index in [1.54, 1.807) is 0 Å². The van der Waals surface area contributed by atoms with E-state index in [1.165, 1.54) is 18.2 Å². The van der Waals surface area contributed by atoms with Crippen LogP contribution < -0.4 is 10.2 Å². The first kappa shape index (κ1) is 22.1. The molecule has 0 atom stereocenters. The molecule has 0 radical (unpaired) electrons. The molecule has 30 heavy (non-hydrogen) atoms. The second-order valence-electron chi connectivity index (χ2n) is 8.31. The number of hydrogen-bond acceptors (Lipinski definition) is 4. The fourth-order valence-electron chi connectivity index (χ4n) is 4.31. The molecule has 0 unspecified atom stereocenters. The van der Waals surface area contributed by atoms with Crippen LogP contribution >= 0.6 is 0 Å². The van der Waals surface area contributed by atoms with Crippen LogP contribution in [0.5, 0.6) is 0 Å². The van der Waals surface area contributed by atoms with Crippen LogP contribution in [0.1, 0.15) is 57.4 Å². The number of unbranched alkanes of at least 4 members (excludes halogenated alkanes) is 1. The van der Waals surface area contributed by atoms with Crippen molar-refractivity contribution in [3.05, 3.63) is 52.3 Å². The van der Waals surface area contributed by atoms with Gasteiger partial charge in [0.1, 0.15) is 5.69 Å². The van der Waals surface area contributed by atoms with Crippen molar-refractivity contribution in [2.75, 3.05) is 44.2 Å². The number of aromatic nitrogens is 1. The van der Waals surface area contributed by atoms with E-state index >= 15 is 0 Å². The normalized spacial score (nSPS) is 14.7. The standard InChI is InChI=1S/C24H34N4O2/c1-17-8-7-9-21(16-17)28-14-12-27(13-15-28)11-6-5-10-25-24(30)23-18(2)22(20(4)29)19(3)26-23/h7-9,16,26H,5-6,10-15H2,1-4H3,(H,25,30). The summed E-state index contributed by atoms with van der Waals surface area (Å²) < 4.78 is 0. The van der Waals surface area contributed by atoms with Gasteiger partial charge in [-0.05, 0) is 70.3 Å². The van der Waals surface area contributed by atoms with Crippen LogP contribution in [0, 0.1) is 20.8 Å². The van der Waals surface area contributed by atoms with Gasteiger partial charge in [-0.15, -0.1) is 0 Å². The Morgan fingerprint density at radius 2 is 1.80 bits per heavy atom. The summed E-state index contributed by atoms with van der Waals surface area (Å²) in [5.41, 5.74) is 5.26. The topological polar surface area (TPSA) is 68.4 Å². The molecular weight excluding hydrogens is 376 g/mol. The molecule has 0 saturated carbocycles. The van der Waals surface area contributed by atoms with Crippen LogP contribution in [0.3, 0.4) is 0 Å². The highest BCUT2D eigenvalue weighted by Crippen LogP contribution is 2.19. The lowest BCUT2D eigenvalue weighted by Gasteiger charge is -2.36. The van der Waals surface area contributed by atoms with E-state index in [-0.39, 0.29) is 11.7 Å². The van der Waals surface area contributed by atoms with E-state index in [1.807, 2.05) is 13.8 Å². The summed E-state index contributed by atoms with van der Waals surface area (Å²) >= 11 is 0. The van der Waals surface area contributed by atoms with Crippen molar-refractivity contribution in [3.8, 4) is 0 Å². The van der Waals surface area contributed by atoms with Gasteiger partial charge < -0.3 is 15.2 Å². The Labute approximate surface area is 179 Å². The Kier molecular flexibility index (Phi) is 7.32. The zero-order chi connectivity index (χ0) is 21.7. The Bertz CT molecular complexity index is 895. The van der Waals surface area contributed by atoms with E-state index in [4.69, 9.17) is 0 Å². The van der Waals surface area contributed by atoms with Gasteiger partial charge in [-0.25, -0.2) is 0 Å². The van der Waals surface area contributed by atoms with Gasteiger partial charge in [-0.2, -0.15) is 0 Å². The van der Waals surface area contributed by atoms with Gasteiger partial charge in [0.05, 0.1) is 0 Å². The predicted octanol–water partition coefficient (Wildman–Crippen LogP) is 3.47. The molecule has 3 rings (SSSR count). The average Bonchev–Trinajstić information content (AvgIpc) is 3.02. The Morgan fingerprint density at radius 3 is 2.43 bits per heavy atom. The number of H-pyrrole nitrogens is 1. The quantitative estimate of drug-likeness (QED) is 0.516. The summed E-state index contributed by atoms with van der Waals surface area (Å²) in [6, 6.07) is 8.71. The van der Waals surface area contributed by atoms with E-state index in [0.717, 1.165) is 56.8 Å². The highest BCUT2D eigenvalue weighted by Gasteiger charge is 2.20. The Morgan fingerprint density at radius 1 is 1.07 bits per heavy atom. The van der Waals surface area contributed by atoms with Crippen LogP contribution in [-0.4, -0.2) is 60.8 Å². The van der Waals surface area contributed by atoms with Crippen molar-refractivity contribution in [1.29, 1.82) is 0 Å². The molecular formula is C24H34N4O2. The summed E-state index contributed by atoms with van der Waals surface area (Å²) in [6.07, 6.45) is 2.01. The second-order valence-corrected chi connectivity index (χ2v) is 8.31. The molecule has 1 aromatic heterocycles. The van der Waals surface area contributed by atoms with Gasteiger partial charge in [0, 0.05) is 49.7 Å². The van der Waals surface area contributed by atoms with Crippen molar-refractivity contribution < 1.29 is 9.59 Å². The summed E-state index contributed by atoms with van der Waals surface area (Å²) in [6.45, 7) is 13.3. The number of benzene rings is 1. The lowest BCUT2D eigenvalue weighted by atomic mass is 10.1. The molecule has 1 saturated heterocycles. The maximum Gasteiger partial charge on any atom is 0.268 e. The van der Waals surface area contributed by atoms with Crippen LogP contribution in [-0.2, 0) is 0 Å². The third kappa shape index (κ3) is 5.30. The number of nitrogens with zero attached hydrogens (tertiary/aromatic N) is 2. The SMILES string of the molecule is CC(=O)c1c(C)[nH]c(C(=O)NCCCCN2CCN(c3cccc(C)c3)CC2)c1C. The monoisotopic (exact) mass is 410 g/mol. The molecule has 0 spiro atoms. The molecule has 1 aliphatic heterocycles. The third-order valence-electron chi connectivity index (χ3n) is 5.94. The minimum Gasteiger partial charge on any atom is -0.369 e. The van der Waals surface area contributed by atoms with Crippen LogP contribution in [0.15, 0.2) is 24.3 Å². The van der Waals surface area contributed by atoms with Crippen LogP contribution in [0.4, 0.5) is 5.69 Å². The first-order chi connectivity index (χ1) is 14.4. The molecule has 2 aromatic rings. The molecule has 1 fully saturated rings. The summed E-state index contributed by atoms with van der Waals surface area (Å²) in [5.74, 6) is -0.141. The fraction of sp³-hybridized carbons (Fsp3) is 0.500. The molecule has 6 heteroatoms. The van der Waals surface area contributed by atoms with Gasteiger partial charge in [0.25, 0.3) is 5.91 Å². The maximum atomic E-state index is 12.4. The number of nitrogens with one attached hydrogen (secondary N) is 2. The lowest BCUT2D eigenvalue weighted by molar-refractivity contribution is 0.0947. The number of rotatable bonds is 8. The summed E-state index contributed by atoms with van der Waals surface area (Å²) in [7, 11) is 0. The highest BCUT2D eigenvalue weighted by atomic mass is 16.2. The predicted molar refractivity (Wildman–Crippen MR) is 122 cm³/mol. The molecule has 6 nitrogen and oxygen atoms in total. The van der Waals surface area contributed by atoms with Crippen molar-refractivity contribution >= 4 is 17.4 Å². The van der Waals surface area contributed by atoms with E-state index < -0.39 is 0 Å². The number of ketones is 1. The van der Waals surface area contributed by atoms with Gasteiger partial charge in [0.2, 0.25) is 0 Å². The first-order valence-electron chi connectivity index (χ1n) is 10.9. The number of carbonyl (C=O) groups excluding carboxylic acids is 2. The maximum absolute atomic E-state index is 12.4. The highest BCUT2D eigenvalue weighted by molar-refractivity contribution is 6.02.